The minimum absolute atomic E-state index is 0.259. The van der Waals surface area contributed by atoms with Crippen molar-refractivity contribution < 1.29 is 19.1 Å². The molecule has 0 bridgehead atoms. The van der Waals surface area contributed by atoms with Gasteiger partial charge < -0.3 is 14.8 Å². The number of hydrogen-bond donors (Lipinski definition) is 1. The SMILES string of the molecule is COC(=O)c1ccc(CNC(=O)c2cc3nccc(-c4ccc(C)c(OC)c4)n3n2)cc1. The zero-order chi connectivity index (χ0) is 22.7. The van der Waals surface area contributed by atoms with Crippen LogP contribution < -0.4 is 10.1 Å². The van der Waals surface area contributed by atoms with E-state index in [0.717, 1.165) is 28.1 Å². The van der Waals surface area contributed by atoms with Gasteiger partial charge in [0.25, 0.3) is 5.91 Å². The highest BCUT2D eigenvalue weighted by atomic mass is 16.5. The fourth-order valence-electron chi connectivity index (χ4n) is 3.35. The third kappa shape index (κ3) is 4.15. The average molecular weight is 430 g/mol. The fraction of sp³-hybridized carbons (Fsp3) is 0.167. The summed E-state index contributed by atoms with van der Waals surface area (Å²) in [6.45, 7) is 2.27. The van der Waals surface area contributed by atoms with Crippen LogP contribution in [0.5, 0.6) is 5.75 Å². The molecule has 4 aromatic rings. The summed E-state index contributed by atoms with van der Waals surface area (Å²) >= 11 is 0. The molecule has 0 spiro atoms. The van der Waals surface area contributed by atoms with Crippen molar-refractivity contribution in [3.05, 3.63) is 83.2 Å². The Hall–Kier alpha value is -4.20. The normalized spacial score (nSPS) is 10.7. The molecule has 32 heavy (non-hydrogen) atoms. The van der Waals surface area contributed by atoms with Crippen molar-refractivity contribution in [2.45, 2.75) is 13.5 Å². The Labute approximate surface area is 184 Å². The van der Waals surface area contributed by atoms with Crippen LogP contribution in [0.2, 0.25) is 0 Å². The van der Waals surface area contributed by atoms with E-state index in [0.29, 0.717) is 17.8 Å². The number of amides is 1. The van der Waals surface area contributed by atoms with Crippen LogP contribution in [0.25, 0.3) is 16.9 Å². The number of ether oxygens (including phenoxy) is 2. The topological polar surface area (TPSA) is 94.8 Å². The minimum Gasteiger partial charge on any atom is -0.496 e. The number of nitrogens with one attached hydrogen (secondary N) is 1. The van der Waals surface area contributed by atoms with E-state index in [1.807, 2.05) is 31.2 Å². The first-order chi connectivity index (χ1) is 15.5. The van der Waals surface area contributed by atoms with Crippen LogP contribution in [0.4, 0.5) is 0 Å². The van der Waals surface area contributed by atoms with E-state index in [4.69, 9.17) is 4.74 Å². The van der Waals surface area contributed by atoms with Gasteiger partial charge in [0.05, 0.1) is 25.5 Å². The monoisotopic (exact) mass is 430 g/mol. The third-order valence-corrected chi connectivity index (χ3v) is 5.12. The van der Waals surface area contributed by atoms with Gasteiger partial charge >= 0.3 is 5.97 Å². The molecule has 0 atom stereocenters. The number of carbonyl (C=O) groups excluding carboxylic acids is 2. The Balaban J connectivity index is 1.54. The highest BCUT2D eigenvalue weighted by Crippen LogP contribution is 2.27. The van der Waals surface area contributed by atoms with Gasteiger partial charge in [-0.05, 0) is 42.3 Å². The smallest absolute Gasteiger partial charge is 0.337 e. The van der Waals surface area contributed by atoms with E-state index < -0.39 is 5.97 Å². The van der Waals surface area contributed by atoms with E-state index >= 15 is 0 Å². The van der Waals surface area contributed by atoms with Crippen molar-refractivity contribution in [3.63, 3.8) is 0 Å². The molecule has 0 saturated carbocycles. The summed E-state index contributed by atoms with van der Waals surface area (Å²) in [4.78, 5) is 28.5. The average Bonchev–Trinajstić information content (AvgIpc) is 3.27. The van der Waals surface area contributed by atoms with Crippen LogP contribution in [0, 0.1) is 6.92 Å². The van der Waals surface area contributed by atoms with Crippen molar-refractivity contribution in [2.75, 3.05) is 14.2 Å². The zero-order valence-corrected chi connectivity index (χ0v) is 18.0. The summed E-state index contributed by atoms with van der Waals surface area (Å²) in [5, 5.41) is 7.31. The Bertz CT molecular complexity index is 1300. The molecule has 2 aromatic heterocycles. The van der Waals surface area contributed by atoms with E-state index in [2.05, 4.69) is 20.1 Å². The first kappa shape index (κ1) is 21.0. The van der Waals surface area contributed by atoms with Crippen molar-refractivity contribution in [3.8, 4) is 17.0 Å². The number of aryl methyl sites for hydroxylation is 1. The number of hydrogen-bond acceptors (Lipinski definition) is 6. The summed E-state index contributed by atoms with van der Waals surface area (Å²) in [6, 6.07) is 16.2. The molecule has 8 heteroatoms. The maximum atomic E-state index is 12.7. The van der Waals surface area contributed by atoms with Gasteiger partial charge in [-0.3, -0.25) is 4.79 Å². The molecule has 1 N–H and O–H groups in total. The minimum atomic E-state index is -0.403. The van der Waals surface area contributed by atoms with Crippen molar-refractivity contribution in [1.82, 2.24) is 19.9 Å². The highest BCUT2D eigenvalue weighted by molar-refractivity contribution is 5.93. The quantitative estimate of drug-likeness (QED) is 0.471. The maximum Gasteiger partial charge on any atom is 0.337 e. The number of methoxy groups -OCH3 is 2. The predicted octanol–water partition coefficient (Wildman–Crippen LogP) is 3.43. The summed E-state index contributed by atoms with van der Waals surface area (Å²) in [5.74, 6) is 0.0515. The first-order valence-corrected chi connectivity index (χ1v) is 9.95. The number of nitrogens with zero attached hydrogens (tertiary/aromatic N) is 3. The van der Waals surface area contributed by atoms with E-state index in [9.17, 15) is 9.59 Å². The highest BCUT2D eigenvalue weighted by Gasteiger charge is 2.15. The number of carbonyl (C=O) groups is 2. The van der Waals surface area contributed by atoms with Crippen LogP contribution in [-0.2, 0) is 11.3 Å². The van der Waals surface area contributed by atoms with Crippen molar-refractivity contribution in [1.29, 1.82) is 0 Å². The van der Waals surface area contributed by atoms with Gasteiger partial charge in [-0.15, -0.1) is 0 Å². The summed E-state index contributed by atoms with van der Waals surface area (Å²) in [7, 11) is 2.97. The van der Waals surface area contributed by atoms with Gasteiger partial charge in [0, 0.05) is 24.4 Å². The molecule has 0 aliphatic carbocycles. The van der Waals surface area contributed by atoms with Gasteiger partial charge in [0.15, 0.2) is 11.3 Å². The molecular formula is C24H22N4O4. The Morgan fingerprint density at radius 1 is 1.03 bits per heavy atom. The first-order valence-electron chi connectivity index (χ1n) is 9.95. The molecule has 0 unspecified atom stereocenters. The molecule has 2 aromatic carbocycles. The van der Waals surface area contributed by atoms with Gasteiger partial charge in [0.1, 0.15) is 5.75 Å². The summed E-state index contributed by atoms with van der Waals surface area (Å²) in [5.41, 5.74) is 4.85. The van der Waals surface area contributed by atoms with Crippen molar-refractivity contribution >= 4 is 17.5 Å². The Kier molecular flexibility index (Phi) is 5.85. The van der Waals surface area contributed by atoms with Crippen LogP contribution in [0.15, 0.2) is 60.8 Å². The lowest BCUT2D eigenvalue weighted by Gasteiger charge is -2.09. The lowest BCUT2D eigenvalue weighted by Crippen LogP contribution is -2.23. The lowest BCUT2D eigenvalue weighted by atomic mass is 10.1. The van der Waals surface area contributed by atoms with Gasteiger partial charge in [-0.25, -0.2) is 14.3 Å². The largest absolute Gasteiger partial charge is 0.496 e. The van der Waals surface area contributed by atoms with E-state index in [-0.39, 0.29) is 11.6 Å². The zero-order valence-electron chi connectivity index (χ0n) is 18.0. The van der Waals surface area contributed by atoms with E-state index in [1.54, 1.807) is 48.2 Å². The Morgan fingerprint density at radius 2 is 1.81 bits per heavy atom. The van der Waals surface area contributed by atoms with Gasteiger partial charge in [-0.2, -0.15) is 5.10 Å². The molecule has 0 aliphatic heterocycles. The second kappa shape index (κ2) is 8.89. The van der Waals surface area contributed by atoms with Crippen LogP contribution in [0.3, 0.4) is 0 Å². The van der Waals surface area contributed by atoms with Crippen LogP contribution in [-0.4, -0.2) is 40.7 Å². The summed E-state index contributed by atoms with van der Waals surface area (Å²) < 4.78 is 11.8. The number of rotatable bonds is 6. The molecule has 0 radical (unpaired) electrons. The number of aromatic nitrogens is 3. The van der Waals surface area contributed by atoms with E-state index in [1.165, 1.54) is 7.11 Å². The number of esters is 1. The third-order valence-electron chi connectivity index (χ3n) is 5.12. The number of benzene rings is 2. The number of fused-ring (bicyclic) bond motifs is 1. The molecule has 0 fully saturated rings. The van der Waals surface area contributed by atoms with Crippen LogP contribution in [0.1, 0.15) is 32.0 Å². The van der Waals surface area contributed by atoms with Gasteiger partial charge in [-0.1, -0.05) is 24.3 Å². The predicted molar refractivity (Wildman–Crippen MR) is 119 cm³/mol. The summed E-state index contributed by atoms with van der Waals surface area (Å²) in [6.07, 6.45) is 1.68. The molecule has 0 saturated heterocycles. The molecule has 4 rings (SSSR count). The molecule has 0 aliphatic rings. The molecule has 2 heterocycles. The molecule has 8 nitrogen and oxygen atoms in total. The van der Waals surface area contributed by atoms with Crippen molar-refractivity contribution in [2.24, 2.45) is 0 Å². The fourth-order valence-corrected chi connectivity index (χ4v) is 3.35. The second-order valence-electron chi connectivity index (χ2n) is 7.19. The Morgan fingerprint density at radius 3 is 2.53 bits per heavy atom. The van der Waals surface area contributed by atoms with Crippen LogP contribution >= 0.6 is 0 Å². The molecule has 162 valence electrons. The second-order valence-corrected chi connectivity index (χ2v) is 7.19. The standard InChI is InChI=1S/C24H22N4O4/c1-15-4-7-18(12-21(15)31-2)20-10-11-25-22-13-19(27-28(20)22)23(29)26-14-16-5-8-17(9-6-16)24(30)32-3/h4-13H,14H2,1-3H3,(H,26,29). The molecular weight excluding hydrogens is 408 g/mol. The molecule has 1 amide bonds. The maximum absolute atomic E-state index is 12.7. The lowest BCUT2D eigenvalue weighted by molar-refractivity contribution is 0.0600. The van der Waals surface area contributed by atoms with Gasteiger partial charge in [0.2, 0.25) is 0 Å².